The highest BCUT2D eigenvalue weighted by Gasteiger charge is 2.30. The predicted octanol–water partition coefficient (Wildman–Crippen LogP) is 4.26. The number of ether oxygens (including phenoxy) is 1. The van der Waals surface area contributed by atoms with Crippen LogP contribution in [0.4, 0.5) is 4.39 Å². The maximum Gasteiger partial charge on any atom is 0.251 e. The number of hydrogen-bond acceptors (Lipinski definition) is 5. The van der Waals surface area contributed by atoms with Gasteiger partial charge in [0, 0.05) is 24.2 Å². The molecule has 1 N–H and O–H groups in total. The molecular weight excluding hydrogens is 373 g/mol. The standard InChI is InChI=1S/C22H22FN3O3/c1-13(19(28-2)14-8-10-18(23)11-9-14)24-21(27)17-5-3-4-16(12-17)20-25-22(29-26-20)15-6-7-15/h3-5,8-13,15,19H,6-7H2,1-2H3,(H,24,27)/t13-,19+/m0/s1. The lowest BCUT2D eigenvalue weighted by atomic mass is 10.0. The minimum absolute atomic E-state index is 0.241. The molecule has 1 fully saturated rings. The third kappa shape index (κ3) is 4.35. The molecule has 0 radical (unpaired) electrons. The molecule has 0 unspecified atom stereocenters. The van der Waals surface area contributed by atoms with E-state index in [1.807, 2.05) is 13.0 Å². The van der Waals surface area contributed by atoms with E-state index in [2.05, 4.69) is 15.5 Å². The number of aromatic nitrogens is 2. The van der Waals surface area contributed by atoms with E-state index < -0.39 is 6.10 Å². The summed E-state index contributed by atoms with van der Waals surface area (Å²) in [4.78, 5) is 17.2. The minimum Gasteiger partial charge on any atom is -0.375 e. The number of carbonyl (C=O) groups is 1. The van der Waals surface area contributed by atoms with Gasteiger partial charge in [-0.25, -0.2) is 4.39 Å². The van der Waals surface area contributed by atoms with Gasteiger partial charge in [0.1, 0.15) is 11.9 Å². The molecule has 150 valence electrons. The SMILES string of the molecule is CO[C@@H](c1ccc(F)cc1)[C@H](C)NC(=O)c1cccc(-c2noc(C3CC3)n2)c1. The van der Waals surface area contributed by atoms with Gasteiger partial charge in [-0.1, -0.05) is 29.4 Å². The number of amides is 1. The third-order valence-corrected chi connectivity index (χ3v) is 5.02. The van der Waals surface area contributed by atoms with Crippen LogP contribution in [0.3, 0.4) is 0 Å². The second-order valence-corrected chi connectivity index (χ2v) is 7.28. The predicted molar refractivity (Wildman–Crippen MR) is 105 cm³/mol. The van der Waals surface area contributed by atoms with E-state index >= 15 is 0 Å². The van der Waals surface area contributed by atoms with Crippen LogP contribution < -0.4 is 5.32 Å². The number of nitrogens with zero attached hydrogens (tertiary/aromatic N) is 2. The smallest absolute Gasteiger partial charge is 0.251 e. The highest BCUT2D eigenvalue weighted by molar-refractivity contribution is 5.95. The normalized spacial score (nSPS) is 15.7. The summed E-state index contributed by atoms with van der Waals surface area (Å²) >= 11 is 0. The van der Waals surface area contributed by atoms with Crippen LogP contribution in [0.15, 0.2) is 53.1 Å². The molecule has 1 amide bonds. The second-order valence-electron chi connectivity index (χ2n) is 7.28. The average Bonchev–Trinajstić information content (AvgIpc) is 3.46. The highest BCUT2D eigenvalue weighted by atomic mass is 19.1. The summed E-state index contributed by atoms with van der Waals surface area (Å²) in [5.74, 6) is 0.959. The number of rotatable bonds is 7. The van der Waals surface area contributed by atoms with Crippen LogP contribution in [0.5, 0.6) is 0 Å². The van der Waals surface area contributed by atoms with E-state index in [1.54, 1.807) is 37.4 Å². The number of halogens is 1. The van der Waals surface area contributed by atoms with Crippen LogP contribution in [0.1, 0.15) is 53.6 Å². The van der Waals surface area contributed by atoms with Crippen LogP contribution in [0, 0.1) is 5.82 Å². The summed E-state index contributed by atoms with van der Waals surface area (Å²) in [6, 6.07) is 12.8. The maximum absolute atomic E-state index is 13.2. The molecule has 3 aromatic rings. The number of hydrogen-bond donors (Lipinski definition) is 1. The fourth-order valence-corrected chi connectivity index (χ4v) is 3.30. The van der Waals surface area contributed by atoms with Gasteiger partial charge in [0.15, 0.2) is 0 Å². The van der Waals surface area contributed by atoms with Gasteiger partial charge >= 0.3 is 0 Å². The maximum atomic E-state index is 13.2. The van der Waals surface area contributed by atoms with Crippen molar-refractivity contribution >= 4 is 5.91 Å². The van der Waals surface area contributed by atoms with Crippen molar-refractivity contribution in [2.75, 3.05) is 7.11 Å². The summed E-state index contributed by atoms with van der Waals surface area (Å²) in [6.45, 7) is 1.85. The molecule has 1 aliphatic rings. The van der Waals surface area contributed by atoms with Crippen LogP contribution >= 0.6 is 0 Å². The largest absolute Gasteiger partial charge is 0.375 e. The van der Waals surface area contributed by atoms with E-state index in [0.29, 0.717) is 23.2 Å². The molecule has 0 aliphatic heterocycles. The fraction of sp³-hybridized carbons (Fsp3) is 0.318. The molecule has 29 heavy (non-hydrogen) atoms. The number of nitrogens with one attached hydrogen (secondary N) is 1. The first-order valence-electron chi connectivity index (χ1n) is 9.58. The van der Waals surface area contributed by atoms with E-state index in [4.69, 9.17) is 9.26 Å². The van der Waals surface area contributed by atoms with Gasteiger partial charge in [-0.05, 0) is 49.6 Å². The molecular formula is C22H22FN3O3. The van der Waals surface area contributed by atoms with Crippen LogP contribution in [0.2, 0.25) is 0 Å². The Morgan fingerprint density at radius 1 is 1.24 bits per heavy atom. The molecule has 0 bridgehead atoms. The zero-order valence-corrected chi connectivity index (χ0v) is 16.3. The Labute approximate surface area is 168 Å². The lowest BCUT2D eigenvalue weighted by molar-refractivity contribution is 0.0644. The minimum atomic E-state index is -0.402. The summed E-state index contributed by atoms with van der Waals surface area (Å²) in [6.07, 6.45) is 1.76. The lowest BCUT2D eigenvalue weighted by Gasteiger charge is -2.24. The van der Waals surface area contributed by atoms with Gasteiger partial charge in [0.2, 0.25) is 11.7 Å². The molecule has 4 rings (SSSR count). The Kier molecular flexibility index (Phi) is 5.40. The van der Waals surface area contributed by atoms with E-state index in [1.165, 1.54) is 12.1 Å². The van der Waals surface area contributed by atoms with Gasteiger partial charge in [-0.3, -0.25) is 4.79 Å². The quantitative estimate of drug-likeness (QED) is 0.647. The van der Waals surface area contributed by atoms with Gasteiger partial charge in [-0.2, -0.15) is 4.98 Å². The van der Waals surface area contributed by atoms with Crippen molar-refractivity contribution < 1.29 is 18.4 Å². The molecule has 1 heterocycles. The molecule has 1 saturated carbocycles. The Bertz CT molecular complexity index is 999. The molecule has 0 spiro atoms. The topological polar surface area (TPSA) is 77.2 Å². The first-order valence-corrected chi connectivity index (χ1v) is 9.58. The van der Waals surface area contributed by atoms with Crippen molar-refractivity contribution in [1.82, 2.24) is 15.5 Å². The van der Waals surface area contributed by atoms with Gasteiger partial charge in [0.05, 0.1) is 6.04 Å². The Morgan fingerprint density at radius 3 is 2.69 bits per heavy atom. The van der Waals surface area contributed by atoms with E-state index in [0.717, 1.165) is 24.0 Å². The van der Waals surface area contributed by atoms with E-state index in [-0.39, 0.29) is 17.8 Å². The third-order valence-electron chi connectivity index (χ3n) is 5.02. The average molecular weight is 395 g/mol. The van der Waals surface area contributed by atoms with Crippen molar-refractivity contribution in [1.29, 1.82) is 0 Å². The van der Waals surface area contributed by atoms with Crippen LogP contribution in [-0.4, -0.2) is 29.2 Å². The molecule has 0 saturated heterocycles. The number of benzene rings is 2. The summed E-state index contributed by atoms with van der Waals surface area (Å²) in [7, 11) is 1.56. The molecule has 2 atom stereocenters. The Morgan fingerprint density at radius 2 is 2.00 bits per heavy atom. The number of carbonyl (C=O) groups excluding carboxylic acids is 1. The van der Waals surface area contributed by atoms with Crippen LogP contribution in [-0.2, 0) is 4.74 Å². The van der Waals surface area contributed by atoms with Crippen molar-refractivity contribution in [3.8, 4) is 11.4 Å². The fourth-order valence-electron chi connectivity index (χ4n) is 3.30. The first kappa shape index (κ1) is 19.3. The zero-order valence-electron chi connectivity index (χ0n) is 16.3. The highest BCUT2D eigenvalue weighted by Crippen LogP contribution is 2.39. The zero-order chi connectivity index (χ0) is 20.4. The van der Waals surface area contributed by atoms with Crippen molar-refractivity contribution in [2.24, 2.45) is 0 Å². The molecule has 2 aromatic carbocycles. The summed E-state index contributed by atoms with van der Waals surface area (Å²) in [5, 5.41) is 6.98. The summed E-state index contributed by atoms with van der Waals surface area (Å²) < 4.78 is 24.0. The van der Waals surface area contributed by atoms with Crippen LogP contribution in [0.25, 0.3) is 11.4 Å². The first-order chi connectivity index (χ1) is 14.0. The van der Waals surface area contributed by atoms with Gasteiger partial charge < -0.3 is 14.6 Å². The second kappa shape index (κ2) is 8.13. The Balaban J connectivity index is 1.47. The van der Waals surface area contributed by atoms with E-state index in [9.17, 15) is 9.18 Å². The molecule has 7 heteroatoms. The molecule has 1 aliphatic carbocycles. The van der Waals surface area contributed by atoms with Gasteiger partial charge in [-0.15, -0.1) is 0 Å². The van der Waals surface area contributed by atoms with Crippen molar-refractivity contribution in [3.63, 3.8) is 0 Å². The molecule has 6 nitrogen and oxygen atoms in total. The van der Waals surface area contributed by atoms with Gasteiger partial charge in [0.25, 0.3) is 5.91 Å². The Hall–Kier alpha value is -3.06. The lowest BCUT2D eigenvalue weighted by Crippen LogP contribution is -2.37. The molecule has 1 aromatic heterocycles. The summed E-state index contributed by atoms with van der Waals surface area (Å²) in [5.41, 5.74) is 2.00. The number of methoxy groups -OCH3 is 1. The van der Waals surface area contributed by atoms with Crippen molar-refractivity contribution in [2.45, 2.75) is 37.8 Å². The van der Waals surface area contributed by atoms with Crippen molar-refractivity contribution in [3.05, 3.63) is 71.4 Å². The monoisotopic (exact) mass is 395 g/mol.